The van der Waals surface area contributed by atoms with Crippen molar-refractivity contribution in [1.29, 1.82) is 0 Å². The van der Waals surface area contributed by atoms with Crippen LogP contribution in [0.5, 0.6) is 0 Å². The second-order valence-corrected chi connectivity index (χ2v) is 4.18. The van der Waals surface area contributed by atoms with Crippen LogP contribution in [0.25, 0.3) is 0 Å². The third-order valence-electron chi connectivity index (χ3n) is 2.89. The quantitative estimate of drug-likeness (QED) is 0.717. The molecular weight excluding hydrogens is 188 g/mol. The van der Waals surface area contributed by atoms with Crippen LogP contribution in [0, 0.1) is 0 Å². The highest BCUT2D eigenvalue weighted by atomic mass is 15.3. The number of hydrogen-bond acceptors (Lipinski definition) is 3. The molecule has 4 heteroatoms. The van der Waals surface area contributed by atoms with E-state index in [2.05, 4.69) is 10.00 Å². The van der Waals surface area contributed by atoms with Crippen molar-refractivity contribution in [1.82, 2.24) is 14.7 Å². The minimum absolute atomic E-state index is 0.797. The van der Waals surface area contributed by atoms with Crippen LogP contribution in [0.4, 0.5) is 0 Å². The molecular formula is C11H20N4. The Labute approximate surface area is 91.1 Å². The van der Waals surface area contributed by atoms with Crippen LogP contribution >= 0.6 is 0 Å². The van der Waals surface area contributed by atoms with Crippen molar-refractivity contribution in [3.8, 4) is 0 Å². The molecule has 1 fully saturated rings. The average Bonchev–Trinajstić information content (AvgIpc) is 2.95. The first-order valence-corrected chi connectivity index (χ1v) is 5.81. The van der Waals surface area contributed by atoms with Gasteiger partial charge in [-0.1, -0.05) is 0 Å². The lowest BCUT2D eigenvalue weighted by Gasteiger charge is -2.21. The summed E-state index contributed by atoms with van der Waals surface area (Å²) in [4.78, 5) is 2.55. The number of hydrogen-bond donors (Lipinski definition) is 1. The molecule has 1 aliphatic rings. The van der Waals surface area contributed by atoms with Gasteiger partial charge in [-0.15, -0.1) is 0 Å². The second kappa shape index (κ2) is 5.28. The molecule has 4 nitrogen and oxygen atoms in total. The summed E-state index contributed by atoms with van der Waals surface area (Å²) in [6.07, 6.45) is 7.69. The van der Waals surface area contributed by atoms with Gasteiger partial charge < -0.3 is 5.73 Å². The molecule has 2 N–H and O–H groups in total. The van der Waals surface area contributed by atoms with Gasteiger partial charge in [0.15, 0.2) is 0 Å². The maximum absolute atomic E-state index is 5.54. The summed E-state index contributed by atoms with van der Waals surface area (Å²) >= 11 is 0. The zero-order valence-corrected chi connectivity index (χ0v) is 9.18. The fourth-order valence-electron chi connectivity index (χ4n) is 1.87. The van der Waals surface area contributed by atoms with Crippen LogP contribution in [-0.2, 0) is 6.54 Å². The summed E-state index contributed by atoms with van der Waals surface area (Å²) < 4.78 is 2.00. The summed E-state index contributed by atoms with van der Waals surface area (Å²) in [6, 6.07) is 2.80. The maximum Gasteiger partial charge on any atom is 0.0536 e. The lowest BCUT2D eigenvalue weighted by atomic mass is 10.3. The third-order valence-corrected chi connectivity index (χ3v) is 2.89. The van der Waals surface area contributed by atoms with Gasteiger partial charge in [-0.2, -0.15) is 5.10 Å². The fourth-order valence-corrected chi connectivity index (χ4v) is 1.87. The second-order valence-electron chi connectivity index (χ2n) is 4.18. The zero-order chi connectivity index (χ0) is 10.5. The minimum atomic E-state index is 0.797. The number of nitrogens with zero attached hydrogens (tertiary/aromatic N) is 3. The standard InChI is InChI=1S/C11H20N4/c12-5-1-7-14(11-3-4-11)9-10-15-8-2-6-13-15/h2,6,8,11H,1,3-5,7,9-10,12H2. The number of rotatable bonds is 7. The SMILES string of the molecule is NCCCN(CCn1cccn1)C1CC1. The zero-order valence-electron chi connectivity index (χ0n) is 9.18. The van der Waals surface area contributed by atoms with Crippen molar-refractivity contribution in [2.45, 2.75) is 31.8 Å². The molecule has 0 radical (unpaired) electrons. The van der Waals surface area contributed by atoms with Crippen molar-refractivity contribution in [3.05, 3.63) is 18.5 Å². The van der Waals surface area contributed by atoms with E-state index in [4.69, 9.17) is 5.73 Å². The predicted molar refractivity (Wildman–Crippen MR) is 60.5 cm³/mol. The first-order chi connectivity index (χ1) is 7.40. The van der Waals surface area contributed by atoms with Crippen LogP contribution in [0.15, 0.2) is 18.5 Å². The van der Waals surface area contributed by atoms with Crippen molar-refractivity contribution in [2.24, 2.45) is 5.73 Å². The third kappa shape index (κ3) is 3.32. The molecule has 0 amide bonds. The number of nitrogens with two attached hydrogens (primary N) is 1. The normalized spacial score (nSPS) is 16.1. The van der Waals surface area contributed by atoms with Crippen molar-refractivity contribution in [2.75, 3.05) is 19.6 Å². The van der Waals surface area contributed by atoms with Gasteiger partial charge in [0.05, 0.1) is 6.54 Å². The van der Waals surface area contributed by atoms with Crippen LogP contribution in [0.3, 0.4) is 0 Å². The first-order valence-electron chi connectivity index (χ1n) is 5.81. The van der Waals surface area contributed by atoms with Crippen LogP contribution in [-0.4, -0.2) is 40.4 Å². The van der Waals surface area contributed by atoms with Crippen molar-refractivity contribution < 1.29 is 0 Å². The van der Waals surface area contributed by atoms with Crippen LogP contribution in [0.1, 0.15) is 19.3 Å². The van der Waals surface area contributed by atoms with E-state index in [1.54, 1.807) is 0 Å². The molecule has 84 valence electrons. The Kier molecular flexibility index (Phi) is 3.75. The van der Waals surface area contributed by atoms with Gasteiger partial charge in [0.25, 0.3) is 0 Å². The smallest absolute Gasteiger partial charge is 0.0536 e. The van der Waals surface area contributed by atoms with E-state index in [9.17, 15) is 0 Å². The fraction of sp³-hybridized carbons (Fsp3) is 0.727. The van der Waals surface area contributed by atoms with E-state index in [1.165, 1.54) is 12.8 Å². The Morgan fingerprint density at radius 2 is 2.27 bits per heavy atom. The highest BCUT2D eigenvalue weighted by molar-refractivity contribution is 4.85. The summed E-state index contributed by atoms with van der Waals surface area (Å²) in [5.41, 5.74) is 5.54. The van der Waals surface area contributed by atoms with E-state index in [0.29, 0.717) is 0 Å². The molecule has 1 aromatic heterocycles. The van der Waals surface area contributed by atoms with Gasteiger partial charge in [0, 0.05) is 25.0 Å². The van der Waals surface area contributed by atoms with E-state index in [1.807, 2.05) is 23.1 Å². The van der Waals surface area contributed by atoms with Gasteiger partial charge in [0.1, 0.15) is 0 Å². The Morgan fingerprint density at radius 1 is 1.40 bits per heavy atom. The Morgan fingerprint density at radius 3 is 2.87 bits per heavy atom. The molecule has 0 atom stereocenters. The van der Waals surface area contributed by atoms with E-state index in [-0.39, 0.29) is 0 Å². The first kappa shape index (κ1) is 10.6. The molecule has 0 aliphatic heterocycles. The largest absolute Gasteiger partial charge is 0.330 e. The Hall–Kier alpha value is -0.870. The average molecular weight is 208 g/mol. The Balaban J connectivity index is 1.74. The molecule has 1 aliphatic carbocycles. The molecule has 1 aromatic rings. The highest BCUT2D eigenvalue weighted by Crippen LogP contribution is 2.26. The molecule has 0 saturated heterocycles. The molecule has 15 heavy (non-hydrogen) atoms. The topological polar surface area (TPSA) is 47.1 Å². The van der Waals surface area contributed by atoms with Gasteiger partial charge in [-0.25, -0.2) is 0 Å². The molecule has 0 unspecified atom stereocenters. The summed E-state index contributed by atoms with van der Waals surface area (Å²) in [7, 11) is 0. The van der Waals surface area contributed by atoms with Crippen molar-refractivity contribution in [3.63, 3.8) is 0 Å². The summed E-state index contributed by atoms with van der Waals surface area (Å²) in [5, 5.41) is 4.21. The van der Waals surface area contributed by atoms with Gasteiger partial charge in [-0.05, 0) is 38.4 Å². The van der Waals surface area contributed by atoms with E-state index < -0.39 is 0 Å². The maximum atomic E-state index is 5.54. The molecule has 2 rings (SSSR count). The lowest BCUT2D eigenvalue weighted by Crippen LogP contribution is -2.31. The predicted octanol–water partition coefficient (Wildman–Crippen LogP) is 0.696. The molecule has 0 aromatic carbocycles. The molecule has 1 saturated carbocycles. The summed E-state index contributed by atoms with van der Waals surface area (Å²) in [6.45, 7) is 4.04. The molecule has 1 heterocycles. The van der Waals surface area contributed by atoms with Crippen molar-refractivity contribution >= 4 is 0 Å². The summed E-state index contributed by atoms with van der Waals surface area (Å²) in [5.74, 6) is 0. The monoisotopic (exact) mass is 208 g/mol. The van der Waals surface area contributed by atoms with Gasteiger partial charge >= 0.3 is 0 Å². The minimum Gasteiger partial charge on any atom is -0.330 e. The molecule has 0 spiro atoms. The van der Waals surface area contributed by atoms with Crippen LogP contribution in [0.2, 0.25) is 0 Å². The number of aromatic nitrogens is 2. The molecule has 0 bridgehead atoms. The van der Waals surface area contributed by atoms with Gasteiger partial charge in [-0.3, -0.25) is 9.58 Å². The van der Waals surface area contributed by atoms with Gasteiger partial charge in [0.2, 0.25) is 0 Å². The Bertz CT molecular complexity index is 266. The highest BCUT2D eigenvalue weighted by Gasteiger charge is 2.27. The lowest BCUT2D eigenvalue weighted by molar-refractivity contribution is 0.247. The van der Waals surface area contributed by atoms with Crippen LogP contribution < -0.4 is 5.73 Å². The van der Waals surface area contributed by atoms with E-state index in [0.717, 1.165) is 38.6 Å². The van der Waals surface area contributed by atoms with E-state index >= 15 is 0 Å².